The Balaban J connectivity index is 2.91. The number of nitrogens with two attached hydrogens (primary N) is 1. The second kappa shape index (κ2) is 4.28. The zero-order valence-corrected chi connectivity index (χ0v) is 8.45. The third kappa shape index (κ3) is 2.21. The topological polar surface area (TPSA) is 53.1 Å². The molecule has 1 aromatic heterocycles. The van der Waals surface area contributed by atoms with Crippen molar-refractivity contribution >= 4 is 0 Å². The maximum Gasteiger partial charge on any atom is 0.159 e. The first-order chi connectivity index (χ1) is 6.19. The molecule has 0 aliphatic carbocycles. The lowest BCUT2D eigenvalue weighted by molar-refractivity contribution is 0.405. The minimum absolute atomic E-state index is 0.135. The second-order valence-electron chi connectivity index (χ2n) is 3.16. The molecule has 0 amide bonds. The molecule has 1 heterocycles. The number of aromatic nitrogens is 2. The zero-order chi connectivity index (χ0) is 9.84. The Morgan fingerprint density at radius 2 is 2.38 bits per heavy atom. The SMILES string of the molecule is CCn1ncc(OC)c1CC(C)N. The Kier molecular flexibility index (Phi) is 3.31. The van der Waals surface area contributed by atoms with E-state index >= 15 is 0 Å². The van der Waals surface area contributed by atoms with E-state index in [9.17, 15) is 0 Å². The monoisotopic (exact) mass is 183 g/mol. The highest BCUT2D eigenvalue weighted by atomic mass is 16.5. The normalized spacial score (nSPS) is 12.9. The molecule has 74 valence electrons. The molecule has 0 bridgehead atoms. The van der Waals surface area contributed by atoms with Gasteiger partial charge in [-0.15, -0.1) is 0 Å². The lowest BCUT2D eigenvalue weighted by Crippen LogP contribution is -2.20. The van der Waals surface area contributed by atoms with E-state index in [1.54, 1.807) is 13.3 Å². The first-order valence-corrected chi connectivity index (χ1v) is 4.53. The molecule has 0 saturated heterocycles. The van der Waals surface area contributed by atoms with Gasteiger partial charge in [-0.25, -0.2) is 0 Å². The van der Waals surface area contributed by atoms with Gasteiger partial charge in [-0.3, -0.25) is 4.68 Å². The first kappa shape index (κ1) is 10.1. The van der Waals surface area contributed by atoms with Crippen LogP contribution in [0.5, 0.6) is 5.75 Å². The van der Waals surface area contributed by atoms with Gasteiger partial charge in [-0.05, 0) is 13.8 Å². The number of aryl methyl sites for hydroxylation is 1. The Hall–Kier alpha value is -1.03. The summed E-state index contributed by atoms with van der Waals surface area (Å²) in [5.41, 5.74) is 6.82. The van der Waals surface area contributed by atoms with Crippen LogP contribution in [0, 0.1) is 0 Å². The molecule has 0 aromatic carbocycles. The summed E-state index contributed by atoms with van der Waals surface area (Å²) in [5.74, 6) is 0.833. The molecule has 1 atom stereocenters. The van der Waals surface area contributed by atoms with Crippen LogP contribution in [0.3, 0.4) is 0 Å². The van der Waals surface area contributed by atoms with Crippen molar-refractivity contribution in [1.82, 2.24) is 9.78 Å². The van der Waals surface area contributed by atoms with E-state index in [1.165, 1.54) is 0 Å². The van der Waals surface area contributed by atoms with E-state index in [0.29, 0.717) is 0 Å². The van der Waals surface area contributed by atoms with Gasteiger partial charge in [0.2, 0.25) is 0 Å². The number of nitrogens with zero attached hydrogens (tertiary/aromatic N) is 2. The average molecular weight is 183 g/mol. The van der Waals surface area contributed by atoms with Crippen molar-refractivity contribution in [2.24, 2.45) is 5.73 Å². The Morgan fingerprint density at radius 1 is 1.69 bits per heavy atom. The van der Waals surface area contributed by atoms with Gasteiger partial charge in [-0.2, -0.15) is 5.10 Å². The maximum atomic E-state index is 5.73. The van der Waals surface area contributed by atoms with Crippen LogP contribution in [0.15, 0.2) is 6.20 Å². The van der Waals surface area contributed by atoms with Crippen LogP contribution in [0.4, 0.5) is 0 Å². The number of hydrogen-bond acceptors (Lipinski definition) is 3. The summed E-state index contributed by atoms with van der Waals surface area (Å²) in [6.07, 6.45) is 2.54. The average Bonchev–Trinajstić information content (AvgIpc) is 2.46. The van der Waals surface area contributed by atoms with Crippen LogP contribution in [0.25, 0.3) is 0 Å². The van der Waals surface area contributed by atoms with E-state index in [0.717, 1.165) is 24.4 Å². The van der Waals surface area contributed by atoms with Crippen molar-refractivity contribution in [2.45, 2.75) is 32.9 Å². The quantitative estimate of drug-likeness (QED) is 0.751. The van der Waals surface area contributed by atoms with E-state index in [4.69, 9.17) is 10.5 Å². The van der Waals surface area contributed by atoms with Gasteiger partial charge < -0.3 is 10.5 Å². The predicted octanol–water partition coefficient (Wildman–Crippen LogP) is 0.801. The van der Waals surface area contributed by atoms with E-state index in [1.807, 2.05) is 11.6 Å². The van der Waals surface area contributed by atoms with Crippen molar-refractivity contribution in [3.05, 3.63) is 11.9 Å². The fourth-order valence-corrected chi connectivity index (χ4v) is 1.35. The molecule has 0 fully saturated rings. The highest BCUT2D eigenvalue weighted by molar-refractivity contribution is 5.25. The zero-order valence-electron chi connectivity index (χ0n) is 8.45. The number of methoxy groups -OCH3 is 1. The van der Waals surface area contributed by atoms with E-state index in [-0.39, 0.29) is 6.04 Å². The lowest BCUT2D eigenvalue weighted by atomic mass is 10.2. The van der Waals surface area contributed by atoms with Gasteiger partial charge in [0.25, 0.3) is 0 Å². The van der Waals surface area contributed by atoms with Crippen LogP contribution in [0.1, 0.15) is 19.5 Å². The molecule has 1 aromatic rings. The Labute approximate surface area is 78.7 Å². The largest absolute Gasteiger partial charge is 0.493 e. The Bertz CT molecular complexity index is 246. The maximum absolute atomic E-state index is 5.73. The van der Waals surface area contributed by atoms with Crippen molar-refractivity contribution in [1.29, 1.82) is 0 Å². The summed E-state index contributed by atoms with van der Waals surface area (Å²) in [7, 11) is 1.65. The number of rotatable bonds is 4. The van der Waals surface area contributed by atoms with Crippen LogP contribution in [0.2, 0.25) is 0 Å². The molecule has 0 spiro atoms. The number of ether oxygens (including phenoxy) is 1. The highest BCUT2D eigenvalue weighted by Gasteiger charge is 2.11. The van der Waals surface area contributed by atoms with Gasteiger partial charge in [0.15, 0.2) is 5.75 Å². The number of hydrogen-bond donors (Lipinski definition) is 1. The molecule has 4 heteroatoms. The van der Waals surface area contributed by atoms with Crippen LogP contribution >= 0.6 is 0 Å². The summed E-state index contributed by atoms with van der Waals surface area (Å²) >= 11 is 0. The third-order valence-electron chi connectivity index (χ3n) is 1.95. The molecule has 0 aliphatic rings. The van der Waals surface area contributed by atoms with Crippen LogP contribution in [-0.2, 0) is 13.0 Å². The van der Waals surface area contributed by atoms with Gasteiger partial charge in [0.1, 0.15) is 0 Å². The first-order valence-electron chi connectivity index (χ1n) is 4.53. The summed E-state index contributed by atoms with van der Waals surface area (Å²) in [6, 6.07) is 0.135. The molecule has 0 aliphatic heterocycles. The molecule has 2 N–H and O–H groups in total. The smallest absolute Gasteiger partial charge is 0.159 e. The van der Waals surface area contributed by atoms with Gasteiger partial charge >= 0.3 is 0 Å². The molecule has 1 unspecified atom stereocenters. The molecule has 1 rings (SSSR count). The molecule has 13 heavy (non-hydrogen) atoms. The van der Waals surface area contributed by atoms with Crippen molar-refractivity contribution in [3.63, 3.8) is 0 Å². The minimum Gasteiger partial charge on any atom is -0.493 e. The molecule has 0 radical (unpaired) electrons. The van der Waals surface area contributed by atoms with Gasteiger partial charge in [0.05, 0.1) is 19.0 Å². The minimum atomic E-state index is 0.135. The summed E-state index contributed by atoms with van der Waals surface area (Å²) < 4.78 is 7.11. The molecule has 0 saturated carbocycles. The summed E-state index contributed by atoms with van der Waals surface area (Å²) in [4.78, 5) is 0. The van der Waals surface area contributed by atoms with Gasteiger partial charge in [0, 0.05) is 19.0 Å². The standard InChI is InChI=1S/C9H17N3O/c1-4-12-8(5-7(2)10)9(13-3)6-11-12/h6-7H,4-5,10H2,1-3H3. The van der Waals surface area contributed by atoms with Crippen molar-refractivity contribution in [3.8, 4) is 5.75 Å². The second-order valence-corrected chi connectivity index (χ2v) is 3.16. The van der Waals surface area contributed by atoms with Crippen LogP contribution in [-0.4, -0.2) is 22.9 Å². The molecular weight excluding hydrogens is 166 g/mol. The van der Waals surface area contributed by atoms with Crippen molar-refractivity contribution < 1.29 is 4.74 Å². The summed E-state index contributed by atoms with van der Waals surface area (Å²) in [6.45, 7) is 4.88. The molecule has 4 nitrogen and oxygen atoms in total. The lowest BCUT2D eigenvalue weighted by Gasteiger charge is -2.09. The Morgan fingerprint density at radius 3 is 2.85 bits per heavy atom. The van der Waals surface area contributed by atoms with E-state index < -0.39 is 0 Å². The summed E-state index contributed by atoms with van der Waals surface area (Å²) in [5, 5.41) is 4.19. The third-order valence-corrected chi connectivity index (χ3v) is 1.95. The fraction of sp³-hybridized carbons (Fsp3) is 0.667. The van der Waals surface area contributed by atoms with E-state index in [2.05, 4.69) is 12.0 Å². The predicted molar refractivity (Wildman–Crippen MR) is 51.8 cm³/mol. The van der Waals surface area contributed by atoms with Crippen LogP contribution < -0.4 is 10.5 Å². The van der Waals surface area contributed by atoms with Crippen molar-refractivity contribution in [2.75, 3.05) is 7.11 Å². The van der Waals surface area contributed by atoms with Gasteiger partial charge in [-0.1, -0.05) is 0 Å². The molecular formula is C9H17N3O. The fourth-order valence-electron chi connectivity index (χ4n) is 1.35. The highest BCUT2D eigenvalue weighted by Crippen LogP contribution is 2.18.